The number of benzene rings is 2. The lowest BCUT2D eigenvalue weighted by Gasteiger charge is -2.34. The van der Waals surface area contributed by atoms with Gasteiger partial charge in [0.25, 0.3) is 5.91 Å². The highest BCUT2D eigenvalue weighted by Crippen LogP contribution is 2.32. The van der Waals surface area contributed by atoms with E-state index in [9.17, 15) is 19.2 Å². The molecule has 2 aromatic rings. The van der Waals surface area contributed by atoms with E-state index in [0.29, 0.717) is 50.3 Å². The van der Waals surface area contributed by atoms with Crippen LogP contribution in [-0.4, -0.2) is 85.8 Å². The van der Waals surface area contributed by atoms with Gasteiger partial charge in [-0.1, -0.05) is 32.3 Å². The number of hydrogen-bond donors (Lipinski definition) is 3. The SMILES string of the molecule is CCC(=O)NC(Cc1ccc(NC(=O)C(NC(=O)C(F)(F)c2ccc(OC)cc2)C2CCCCC2)c(F)c1)C(=O)N1CCN(C)CC1. The molecule has 4 rings (SSSR count). The van der Waals surface area contributed by atoms with Gasteiger partial charge >= 0.3 is 5.92 Å². The molecule has 0 aromatic heterocycles. The van der Waals surface area contributed by atoms with Crippen LogP contribution in [0.4, 0.5) is 18.9 Å². The predicted molar refractivity (Wildman–Crippen MR) is 170 cm³/mol. The zero-order chi connectivity index (χ0) is 34.1. The van der Waals surface area contributed by atoms with Crippen LogP contribution in [0.1, 0.15) is 56.6 Å². The molecule has 1 saturated carbocycles. The molecule has 13 heteroatoms. The molecule has 0 bridgehead atoms. The fraction of sp³-hybridized carbons (Fsp3) is 0.529. The first-order valence-corrected chi connectivity index (χ1v) is 16.1. The van der Waals surface area contributed by atoms with Crippen molar-refractivity contribution < 1.29 is 37.1 Å². The molecule has 1 aliphatic heterocycles. The first-order valence-electron chi connectivity index (χ1n) is 16.1. The molecule has 47 heavy (non-hydrogen) atoms. The Hall–Kier alpha value is -4.13. The number of nitrogens with zero attached hydrogens (tertiary/aromatic N) is 2. The monoisotopic (exact) mass is 659 g/mol. The Labute approximate surface area is 273 Å². The van der Waals surface area contributed by atoms with Crippen LogP contribution < -0.4 is 20.7 Å². The van der Waals surface area contributed by atoms with Crippen molar-refractivity contribution in [2.45, 2.75) is 69.9 Å². The topological polar surface area (TPSA) is 120 Å². The molecule has 2 aliphatic rings. The van der Waals surface area contributed by atoms with Crippen LogP contribution in [-0.2, 0) is 31.5 Å². The second-order valence-corrected chi connectivity index (χ2v) is 12.3. The van der Waals surface area contributed by atoms with Gasteiger partial charge in [-0.3, -0.25) is 19.2 Å². The van der Waals surface area contributed by atoms with Crippen molar-refractivity contribution in [3.8, 4) is 5.75 Å². The number of ether oxygens (including phenoxy) is 1. The summed E-state index contributed by atoms with van der Waals surface area (Å²) in [6.45, 7) is 4.10. The van der Waals surface area contributed by atoms with E-state index in [-0.39, 0.29) is 30.3 Å². The third-order valence-electron chi connectivity index (χ3n) is 8.93. The van der Waals surface area contributed by atoms with Crippen LogP contribution in [0.2, 0.25) is 0 Å². The number of piperazine rings is 1. The number of carbonyl (C=O) groups excluding carboxylic acids is 4. The normalized spacial score (nSPS) is 17.4. The highest BCUT2D eigenvalue weighted by Gasteiger charge is 2.44. The van der Waals surface area contributed by atoms with Gasteiger partial charge in [0.15, 0.2) is 0 Å². The Morgan fingerprint density at radius 3 is 2.21 bits per heavy atom. The summed E-state index contributed by atoms with van der Waals surface area (Å²) in [4.78, 5) is 55.7. The van der Waals surface area contributed by atoms with E-state index >= 15 is 13.2 Å². The van der Waals surface area contributed by atoms with E-state index < -0.39 is 47.1 Å². The summed E-state index contributed by atoms with van der Waals surface area (Å²) >= 11 is 0. The van der Waals surface area contributed by atoms with Gasteiger partial charge in [-0.2, -0.15) is 8.78 Å². The van der Waals surface area contributed by atoms with E-state index in [1.807, 2.05) is 7.05 Å². The van der Waals surface area contributed by atoms with Crippen molar-refractivity contribution in [1.29, 1.82) is 0 Å². The van der Waals surface area contributed by atoms with E-state index in [4.69, 9.17) is 4.74 Å². The fourth-order valence-electron chi connectivity index (χ4n) is 6.01. The second-order valence-electron chi connectivity index (χ2n) is 12.3. The standard InChI is InChI=1S/C34H44F3N5O5/c1-4-29(43)38-28(32(45)42-18-16-41(2)17-19-42)21-22-10-15-27(26(35)20-22)39-31(44)30(23-8-6-5-7-9-23)40-33(46)34(36,37)24-11-13-25(47-3)14-12-24/h10-15,20,23,28,30H,4-9,16-19,21H2,1-3H3,(H,38,43)(H,39,44)(H,40,46). The summed E-state index contributed by atoms with van der Waals surface area (Å²) in [5.41, 5.74) is -0.337. The molecule has 256 valence electrons. The van der Waals surface area contributed by atoms with Crippen LogP contribution >= 0.6 is 0 Å². The fourth-order valence-corrected chi connectivity index (χ4v) is 6.01. The summed E-state index contributed by atoms with van der Waals surface area (Å²) < 4.78 is 50.8. The van der Waals surface area contributed by atoms with Crippen LogP contribution in [0, 0.1) is 11.7 Å². The maximum absolute atomic E-state index is 15.4. The number of carbonyl (C=O) groups is 4. The van der Waals surface area contributed by atoms with Crippen LogP contribution in [0.15, 0.2) is 42.5 Å². The number of hydrogen-bond acceptors (Lipinski definition) is 6. The Kier molecular flexibility index (Phi) is 12.3. The molecule has 2 fully saturated rings. The third-order valence-corrected chi connectivity index (χ3v) is 8.93. The van der Waals surface area contributed by atoms with Crippen LogP contribution in [0.3, 0.4) is 0 Å². The molecule has 1 heterocycles. The van der Waals surface area contributed by atoms with Gasteiger partial charge in [-0.25, -0.2) is 4.39 Å². The number of amides is 4. The Morgan fingerprint density at radius 2 is 1.62 bits per heavy atom. The molecule has 0 spiro atoms. The Bertz CT molecular complexity index is 1410. The number of methoxy groups -OCH3 is 1. The van der Waals surface area contributed by atoms with Gasteiger partial charge in [-0.15, -0.1) is 0 Å². The minimum absolute atomic E-state index is 0.0310. The molecule has 2 unspecified atom stereocenters. The molecule has 10 nitrogen and oxygen atoms in total. The number of rotatable bonds is 12. The Balaban J connectivity index is 1.48. The highest BCUT2D eigenvalue weighted by atomic mass is 19.3. The van der Waals surface area contributed by atoms with Crippen molar-refractivity contribution in [3.63, 3.8) is 0 Å². The van der Waals surface area contributed by atoms with Gasteiger partial charge < -0.3 is 30.5 Å². The van der Waals surface area contributed by atoms with Crippen molar-refractivity contribution in [2.75, 3.05) is 45.7 Å². The van der Waals surface area contributed by atoms with Gasteiger partial charge in [0.2, 0.25) is 17.7 Å². The van der Waals surface area contributed by atoms with Gasteiger partial charge in [0.05, 0.1) is 12.8 Å². The quantitative estimate of drug-likeness (QED) is 0.319. The molecule has 0 radical (unpaired) electrons. The van der Waals surface area contributed by atoms with E-state index in [1.165, 1.54) is 37.4 Å². The van der Waals surface area contributed by atoms with Crippen LogP contribution in [0.5, 0.6) is 5.75 Å². The van der Waals surface area contributed by atoms with Gasteiger partial charge in [-0.05, 0) is 67.8 Å². The molecule has 2 atom stereocenters. The predicted octanol–water partition coefficient (Wildman–Crippen LogP) is 3.84. The maximum atomic E-state index is 15.4. The smallest absolute Gasteiger partial charge is 0.349 e. The average Bonchev–Trinajstić information content (AvgIpc) is 3.08. The zero-order valence-electron chi connectivity index (χ0n) is 27.1. The molecule has 4 amide bonds. The summed E-state index contributed by atoms with van der Waals surface area (Å²) in [5, 5.41) is 7.49. The molecule has 3 N–H and O–H groups in total. The Morgan fingerprint density at radius 1 is 0.957 bits per heavy atom. The van der Waals surface area contributed by atoms with Crippen molar-refractivity contribution in [3.05, 3.63) is 59.4 Å². The molecular formula is C34H44F3N5O5. The van der Waals surface area contributed by atoms with E-state index in [2.05, 4.69) is 20.9 Å². The first-order chi connectivity index (χ1) is 22.4. The minimum Gasteiger partial charge on any atom is -0.497 e. The van der Waals surface area contributed by atoms with Crippen molar-refractivity contribution >= 4 is 29.3 Å². The van der Waals surface area contributed by atoms with Crippen molar-refractivity contribution in [1.82, 2.24) is 20.4 Å². The summed E-state index contributed by atoms with van der Waals surface area (Å²) in [7, 11) is 3.36. The molecule has 1 saturated heterocycles. The zero-order valence-corrected chi connectivity index (χ0v) is 27.1. The third kappa shape index (κ3) is 9.24. The first kappa shape index (κ1) is 35.7. The molecule has 1 aliphatic carbocycles. The lowest BCUT2D eigenvalue weighted by Crippen LogP contribution is -2.54. The number of nitrogens with one attached hydrogen (secondary N) is 3. The van der Waals surface area contributed by atoms with Gasteiger partial charge in [0.1, 0.15) is 23.7 Å². The minimum atomic E-state index is -3.93. The van der Waals surface area contributed by atoms with Gasteiger partial charge in [0, 0.05) is 44.6 Å². The van der Waals surface area contributed by atoms with E-state index in [0.717, 1.165) is 31.4 Å². The number of anilines is 1. The summed E-state index contributed by atoms with van der Waals surface area (Å²) in [5.74, 6) is -7.80. The number of alkyl halides is 2. The number of halogens is 3. The largest absolute Gasteiger partial charge is 0.497 e. The maximum Gasteiger partial charge on any atom is 0.349 e. The number of likely N-dealkylation sites (N-methyl/N-ethyl adjacent to an activating group) is 1. The van der Waals surface area contributed by atoms with Crippen LogP contribution in [0.25, 0.3) is 0 Å². The average molecular weight is 660 g/mol. The second kappa shape index (κ2) is 16.1. The lowest BCUT2D eigenvalue weighted by molar-refractivity contribution is -0.149. The summed E-state index contributed by atoms with van der Waals surface area (Å²) in [6.07, 6.45) is 3.75. The van der Waals surface area contributed by atoms with E-state index in [1.54, 1.807) is 11.8 Å². The molecular weight excluding hydrogens is 615 g/mol. The molecule has 2 aromatic carbocycles. The van der Waals surface area contributed by atoms with Crippen molar-refractivity contribution in [2.24, 2.45) is 5.92 Å². The lowest BCUT2D eigenvalue weighted by atomic mass is 9.83. The summed E-state index contributed by atoms with van der Waals surface area (Å²) in [6, 6.07) is 6.62. The highest BCUT2D eigenvalue weighted by molar-refractivity contribution is 5.98.